The van der Waals surface area contributed by atoms with Gasteiger partial charge in [0.25, 0.3) is 11.8 Å². The molecule has 1 heterocycles. The van der Waals surface area contributed by atoms with E-state index in [0.717, 1.165) is 0 Å². The Morgan fingerprint density at radius 3 is 2.43 bits per heavy atom. The normalized spacial score (nSPS) is 14.5. The Morgan fingerprint density at radius 1 is 1.17 bits per heavy atom. The number of carbonyl (C=O) groups excluding carboxylic acids is 2. The van der Waals surface area contributed by atoms with Gasteiger partial charge in [0.05, 0.1) is 24.7 Å². The lowest BCUT2D eigenvalue weighted by Gasteiger charge is -2.12. The third kappa shape index (κ3) is 3.12. The van der Waals surface area contributed by atoms with Crippen LogP contribution in [0.25, 0.3) is 5.57 Å². The van der Waals surface area contributed by atoms with E-state index in [-0.39, 0.29) is 18.4 Å². The minimum absolute atomic E-state index is 0.197. The molecule has 1 aromatic rings. The topological polar surface area (TPSA) is 55.8 Å². The standard InChI is InChI=1S/C17H19NO4S/c1-5-9-18-16(19)14(15(17(18)20)23-6-2)11-7-8-12(21-3)13(10-11)22-4/h5,7-8,10H,1,6,9H2,2-4H3. The highest BCUT2D eigenvalue weighted by Gasteiger charge is 2.38. The second-order valence-corrected chi connectivity index (χ2v) is 5.99. The Kier molecular flexibility index (Phi) is 5.50. The largest absolute Gasteiger partial charge is 0.493 e. The first-order valence-corrected chi connectivity index (χ1v) is 8.14. The van der Waals surface area contributed by atoms with Gasteiger partial charge in [-0.1, -0.05) is 19.1 Å². The average molecular weight is 333 g/mol. The summed E-state index contributed by atoms with van der Waals surface area (Å²) in [5.41, 5.74) is 1.05. The second kappa shape index (κ2) is 7.37. The molecule has 1 aliphatic rings. The Bertz CT molecular complexity index is 681. The van der Waals surface area contributed by atoms with Crippen molar-refractivity contribution in [2.75, 3.05) is 26.5 Å². The Morgan fingerprint density at radius 2 is 1.87 bits per heavy atom. The van der Waals surface area contributed by atoms with Crippen LogP contribution in [0.5, 0.6) is 11.5 Å². The van der Waals surface area contributed by atoms with Crippen molar-refractivity contribution >= 4 is 29.1 Å². The van der Waals surface area contributed by atoms with Crippen LogP contribution in [0, 0.1) is 0 Å². The van der Waals surface area contributed by atoms with E-state index < -0.39 is 0 Å². The van der Waals surface area contributed by atoms with Gasteiger partial charge in [0.1, 0.15) is 0 Å². The maximum Gasteiger partial charge on any atom is 0.268 e. The van der Waals surface area contributed by atoms with Crippen molar-refractivity contribution in [3.63, 3.8) is 0 Å². The number of methoxy groups -OCH3 is 2. The van der Waals surface area contributed by atoms with Gasteiger partial charge in [0.15, 0.2) is 11.5 Å². The first kappa shape index (κ1) is 17.1. The molecule has 0 aromatic heterocycles. The molecule has 122 valence electrons. The molecule has 2 amide bonds. The quantitative estimate of drug-likeness (QED) is 0.567. The number of benzene rings is 1. The number of imide groups is 1. The number of rotatable bonds is 7. The number of ether oxygens (including phenoxy) is 2. The molecule has 23 heavy (non-hydrogen) atoms. The Labute approximate surface area is 139 Å². The smallest absolute Gasteiger partial charge is 0.268 e. The number of nitrogens with zero attached hydrogens (tertiary/aromatic N) is 1. The zero-order chi connectivity index (χ0) is 17.0. The van der Waals surface area contributed by atoms with E-state index in [4.69, 9.17) is 9.47 Å². The highest BCUT2D eigenvalue weighted by molar-refractivity contribution is 8.04. The fraction of sp³-hybridized carbons (Fsp3) is 0.294. The Hall–Kier alpha value is -2.21. The molecule has 1 aromatic carbocycles. The predicted octanol–water partition coefficient (Wildman–Crippen LogP) is 2.72. The summed E-state index contributed by atoms with van der Waals surface area (Å²) in [6.45, 7) is 5.74. The van der Waals surface area contributed by atoms with Crippen molar-refractivity contribution in [1.29, 1.82) is 0 Å². The monoisotopic (exact) mass is 333 g/mol. The molecular weight excluding hydrogens is 314 g/mol. The maximum absolute atomic E-state index is 12.7. The molecule has 0 N–H and O–H groups in total. The minimum Gasteiger partial charge on any atom is -0.493 e. The lowest BCUT2D eigenvalue weighted by atomic mass is 10.1. The van der Waals surface area contributed by atoms with Crippen LogP contribution in [0.15, 0.2) is 35.8 Å². The molecule has 0 spiro atoms. The van der Waals surface area contributed by atoms with E-state index in [2.05, 4.69) is 6.58 Å². The van der Waals surface area contributed by atoms with E-state index in [1.807, 2.05) is 6.92 Å². The van der Waals surface area contributed by atoms with E-state index in [0.29, 0.717) is 33.3 Å². The van der Waals surface area contributed by atoms with E-state index in [9.17, 15) is 9.59 Å². The fourth-order valence-corrected chi connectivity index (χ4v) is 3.25. The van der Waals surface area contributed by atoms with Gasteiger partial charge >= 0.3 is 0 Å². The molecule has 6 heteroatoms. The fourth-order valence-electron chi connectivity index (χ4n) is 2.37. The molecule has 0 bridgehead atoms. The van der Waals surface area contributed by atoms with Crippen molar-refractivity contribution < 1.29 is 19.1 Å². The number of amides is 2. The van der Waals surface area contributed by atoms with Crippen LogP contribution in [0.2, 0.25) is 0 Å². The van der Waals surface area contributed by atoms with Crippen molar-refractivity contribution in [3.05, 3.63) is 41.3 Å². The third-order valence-corrected chi connectivity index (χ3v) is 4.35. The van der Waals surface area contributed by atoms with Gasteiger partial charge in [-0.05, 0) is 23.4 Å². The summed E-state index contributed by atoms with van der Waals surface area (Å²) in [6, 6.07) is 5.20. The SMILES string of the molecule is C=CCN1C(=O)C(SCC)=C(c2ccc(OC)c(OC)c2)C1=O. The van der Waals surface area contributed by atoms with Crippen LogP contribution < -0.4 is 9.47 Å². The minimum atomic E-state index is -0.307. The molecule has 5 nitrogen and oxygen atoms in total. The first-order chi connectivity index (χ1) is 11.1. The van der Waals surface area contributed by atoms with Crippen LogP contribution in [0.1, 0.15) is 12.5 Å². The molecular formula is C17H19NO4S. The number of carbonyl (C=O) groups is 2. The highest BCUT2D eigenvalue weighted by Crippen LogP contribution is 2.38. The van der Waals surface area contributed by atoms with Crippen molar-refractivity contribution in [3.8, 4) is 11.5 Å². The summed E-state index contributed by atoms with van der Waals surface area (Å²) >= 11 is 1.37. The van der Waals surface area contributed by atoms with Gasteiger partial charge in [0, 0.05) is 6.54 Å². The summed E-state index contributed by atoms with van der Waals surface area (Å²) in [5.74, 6) is 1.21. The van der Waals surface area contributed by atoms with Crippen molar-refractivity contribution in [1.82, 2.24) is 4.90 Å². The van der Waals surface area contributed by atoms with Crippen molar-refractivity contribution in [2.45, 2.75) is 6.92 Å². The maximum atomic E-state index is 12.7. The van der Waals surface area contributed by atoms with Gasteiger partial charge in [-0.2, -0.15) is 0 Å². The summed E-state index contributed by atoms with van der Waals surface area (Å²) in [5, 5.41) is 0. The summed E-state index contributed by atoms with van der Waals surface area (Å²) in [4.78, 5) is 26.8. The van der Waals surface area contributed by atoms with Gasteiger partial charge in [-0.15, -0.1) is 18.3 Å². The van der Waals surface area contributed by atoms with E-state index in [1.165, 1.54) is 23.8 Å². The third-order valence-electron chi connectivity index (χ3n) is 3.40. The number of hydrogen-bond acceptors (Lipinski definition) is 5. The van der Waals surface area contributed by atoms with Crippen LogP contribution in [-0.4, -0.2) is 43.2 Å². The molecule has 0 saturated heterocycles. The lowest BCUT2D eigenvalue weighted by Crippen LogP contribution is -2.31. The number of thioether (sulfide) groups is 1. The average Bonchev–Trinajstić information content (AvgIpc) is 2.79. The lowest BCUT2D eigenvalue weighted by molar-refractivity contribution is -0.135. The molecule has 0 saturated carbocycles. The highest BCUT2D eigenvalue weighted by atomic mass is 32.2. The van der Waals surface area contributed by atoms with Crippen LogP contribution >= 0.6 is 11.8 Å². The molecule has 0 unspecified atom stereocenters. The van der Waals surface area contributed by atoms with E-state index in [1.54, 1.807) is 31.4 Å². The van der Waals surface area contributed by atoms with Crippen LogP contribution in [-0.2, 0) is 9.59 Å². The molecule has 0 fully saturated rings. The van der Waals surface area contributed by atoms with Crippen LogP contribution in [0.4, 0.5) is 0 Å². The zero-order valence-corrected chi connectivity index (χ0v) is 14.2. The molecule has 0 radical (unpaired) electrons. The van der Waals surface area contributed by atoms with Crippen molar-refractivity contribution in [2.24, 2.45) is 0 Å². The van der Waals surface area contributed by atoms with Crippen LogP contribution in [0.3, 0.4) is 0 Å². The molecule has 1 aliphatic heterocycles. The van der Waals surface area contributed by atoms with Gasteiger partial charge in [-0.3, -0.25) is 14.5 Å². The number of hydrogen-bond donors (Lipinski definition) is 0. The van der Waals surface area contributed by atoms with Gasteiger partial charge < -0.3 is 9.47 Å². The van der Waals surface area contributed by atoms with Gasteiger partial charge in [-0.25, -0.2) is 0 Å². The van der Waals surface area contributed by atoms with Gasteiger partial charge in [0.2, 0.25) is 0 Å². The second-order valence-electron chi connectivity index (χ2n) is 4.72. The molecule has 0 aliphatic carbocycles. The summed E-state index contributed by atoms with van der Waals surface area (Å²) in [7, 11) is 3.08. The predicted molar refractivity (Wildman–Crippen MR) is 91.5 cm³/mol. The van der Waals surface area contributed by atoms with E-state index >= 15 is 0 Å². The molecule has 0 atom stereocenters. The Balaban J connectivity index is 2.55. The summed E-state index contributed by atoms with van der Waals surface area (Å²) < 4.78 is 10.5. The molecule has 2 rings (SSSR count). The zero-order valence-electron chi connectivity index (χ0n) is 13.4. The summed E-state index contributed by atoms with van der Waals surface area (Å²) in [6.07, 6.45) is 1.54. The first-order valence-electron chi connectivity index (χ1n) is 7.15.